The van der Waals surface area contributed by atoms with Gasteiger partial charge in [0.15, 0.2) is 5.79 Å². The summed E-state index contributed by atoms with van der Waals surface area (Å²) in [5.74, 6) is -0.984. The molecule has 2 aromatic rings. The van der Waals surface area contributed by atoms with Crippen LogP contribution in [0.5, 0.6) is 0 Å². The van der Waals surface area contributed by atoms with Gasteiger partial charge in [0.2, 0.25) is 0 Å². The van der Waals surface area contributed by atoms with E-state index in [2.05, 4.69) is 0 Å². The smallest absolute Gasteiger partial charge is 0.164 e. The normalized spacial score (nSPS) is 21.8. The Morgan fingerprint density at radius 3 is 1.39 bits per heavy atom. The third-order valence-electron chi connectivity index (χ3n) is 5.39. The first-order valence-electron chi connectivity index (χ1n) is 11.0. The van der Waals surface area contributed by atoms with Gasteiger partial charge in [-0.25, -0.2) is 8.78 Å². The average molecular weight is 467 g/mol. The second-order valence-corrected chi connectivity index (χ2v) is 8.63. The number of aliphatic hydroxyl groups is 2. The van der Waals surface area contributed by atoms with Crippen molar-refractivity contribution in [2.24, 2.45) is 0 Å². The fourth-order valence-corrected chi connectivity index (χ4v) is 3.65. The number of rotatable bonds is 12. The van der Waals surface area contributed by atoms with Gasteiger partial charge in [0, 0.05) is 0 Å². The van der Waals surface area contributed by atoms with Crippen molar-refractivity contribution in [2.45, 2.75) is 70.6 Å². The van der Waals surface area contributed by atoms with E-state index >= 15 is 0 Å². The van der Waals surface area contributed by atoms with Gasteiger partial charge >= 0.3 is 0 Å². The summed E-state index contributed by atoms with van der Waals surface area (Å²) in [6, 6.07) is 13.8. The molecule has 0 amide bonds. The van der Waals surface area contributed by atoms with Crippen LogP contribution in [0.25, 0.3) is 0 Å². The van der Waals surface area contributed by atoms with Crippen LogP contribution in [0.1, 0.15) is 36.1 Å². The fourth-order valence-electron chi connectivity index (χ4n) is 3.65. The zero-order valence-electron chi connectivity index (χ0n) is 19.0. The maximum absolute atomic E-state index is 12.6. The van der Waals surface area contributed by atoms with E-state index in [0.717, 1.165) is 11.1 Å². The summed E-state index contributed by atoms with van der Waals surface area (Å²) in [4.78, 5) is 0. The van der Waals surface area contributed by atoms with E-state index in [1.54, 1.807) is 62.4 Å². The summed E-state index contributed by atoms with van der Waals surface area (Å²) in [7, 11) is 0. The van der Waals surface area contributed by atoms with Crippen molar-refractivity contribution in [3.63, 3.8) is 0 Å². The summed E-state index contributed by atoms with van der Waals surface area (Å²) in [6.45, 7) is 2.82. The lowest BCUT2D eigenvalue weighted by Crippen LogP contribution is -2.45. The van der Waals surface area contributed by atoms with Crippen molar-refractivity contribution in [1.82, 2.24) is 0 Å². The Hall–Kier alpha value is -1.94. The lowest BCUT2D eigenvalue weighted by atomic mass is 10.0. The number of hydrogen-bond acceptors (Lipinski definition) is 6. The van der Waals surface area contributed by atoms with Gasteiger partial charge in [0.25, 0.3) is 0 Å². The minimum absolute atomic E-state index is 0.0278. The summed E-state index contributed by atoms with van der Waals surface area (Å²) in [6.07, 6.45) is -3.69. The Morgan fingerprint density at radius 1 is 0.727 bits per heavy atom. The van der Waals surface area contributed by atoms with E-state index < -0.39 is 43.6 Å². The van der Waals surface area contributed by atoms with E-state index in [4.69, 9.17) is 18.9 Å². The molecule has 2 aromatic carbocycles. The van der Waals surface area contributed by atoms with Crippen molar-refractivity contribution in [3.8, 4) is 0 Å². The lowest BCUT2D eigenvalue weighted by Gasteiger charge is -2.25. The van der Waals surface area contributed by atoms with Gasteiger partial charge in [-0.1, -0.05) is 48.5 Å². The largest absolute Gasteiger partial charge is 0.388 e. The van der Waals surface area contributed by atoms with Gasteiger partial charge in [-0.15, -0.1) is 0 Å². The number of halogens is 2. The van der Waals surface area contributed by atoms with Gasteiger partial charge in [0.05, 0.1) is 26.4 Å². The van der Waals surface area contributed by atoms with Gasteiger partial charge < -0.3 is 29.2 Å². The van der Waals surface area contributed by atoms with Crippen LogP contribution >= 0.6 is 0 Å². The van der Waals surface area contributed by atoms with Gasteiger partial charge in [-0.2, -0.15) is 0 Å². The van der Waals surface area contributed by atoms with Crippen LogP contribution in [-0.4, -0.2) is 53.6 Å². The van der Waals surface area contributed by atoms with E-state index in [0.29, 0.717) is 11.1 Å². The molecule has 0 saturated carbocycles. The maximum atomic E-state index is 12.6. The molecule has 1 fully saturated rings. The van der Waals surface area contributed by atoms with Crippen LogP contribution in [0.3, 0.4) is 0 Å². The molecule has 1 aliphatic rings. The lowest BCUT2D eigenvalue weighted by molar-refractivity contribution is -0.165. The van der Waals surface area contributed by atoms with Crippen LogP contribution < -0.4 is 0 Å². The maximum Gasteiger partial charge on any atom is 0.164 e. The first-order chi connectivity index (χ1) is 15.8. The van der Waals surface area contributed by atoms with Gasteiger partial charge in [-0.3, -0.25) is 0 Å². The van der Waals surface area contributed by atoms with Crippen LogP contribution in [-0.2, 0) is 45.5 Å². The van der Waals surface area contributed by atoms with E-state index in [-0.39, 0.29) is 26.4 Å². The van der Waals surface area contributed by atoms with Crippen molar-refractivity contribution in [3.05, 3.63) is 70.8 Å². The molecule has 3 rings (SSSR count). The standard InChI is InChI=1S/C25H32F2O6/c1-25(2)32-23(21(28)15-30-13-19-7-3-17(11-26)4-8-19)24(33-25)22(29)16-31-14-20-9-5-18(12-27)6-10-20/h3-10,21-24,28-29H,11-16H2,1-2H3/t21-,22-,23-,24-/m1/s1. The molecule has 0 aliphatic carbocycles. The summed E-state index contributed by atoms with van der Waals surface area (Å²) in [5.41, 5.74) is 2.89. The molecule has 2 N–H and O–H groups in total. The molecule has 0 spiro atoms. The van der Waals surface area contributed by atoms with Crippen molar-refractivity contribution in [2.75, 3.05) is 13.2 Å². The van der Waals surface area contributed by atoms with Crippen LogP contribution in [0.4, 0.5) is 8.78 Å². The Labute approximate surface area is 193 Å². The molecule has 1 heterocycles. The van der Waals surface area contributed by atoms with Crippen molar-refractivity contribution >= 4 is 0 Å². The zero-order valence-corrected chi connectivity index (χ0v) is 19.0. The van der Waals surface area contributed by atoms with E-state index in [1.165, 1.54) is 0 Å². The molecule has 182 valence electrons. The number of alkyl halides is 2. The van der Waals surface area contributed by atoms with Crippen molar-refractivity contribution < 1.29 is 37.9 Å². The molecule has 33 heavy (non-hydrogen) atoms. The first-order valence-corrected chi connectivity index (χ1v) is 11.0. The molecule has 4 atom stereocenters. The summed E-state index contributed by atoms with van der Waals surface area (Å²) in [5, 5.41) is 21.3. The third kappa shape index (κ3) is 7.53. The number of ether oxygens (including phenoxy) is 4. The predicted octanol–water partition coefficient (Wildman–Crippen LogP) is 3.60. The second-order valence-electron chi connectivity index (χ2n) is 8.63. The number of aliphatic hydroxyl groups excluding tert-OH is 2. The van der Waals surface area contributed by atoms with Crippen LogP contribution in [0.15, 0.2) is 48.5 Å². The first kappa shape index (κ1) is 25.7. The minimum Gasteiger partial charge on any atom is -0.388 e. The monoisotopic (exact) mass is 466 g/mol. The third-order valence-corrected chi connectivity index (χ3v) is 5.39. The second kappa shape index (κ2) is 12.0. The minimum atomic E-state index is -1.04. The molecule has 0 radical (unpaired) electrons. The number of benzene rings is 2. The topological polar surface area (TPSA) is 77.4 Å². The van der Waals surface area contributed by atoms with E-state index in [1.807, 2.05) is 0 Å². The molecular weight excluding hydrogens is 434 g/mol. The molecule has 1 aliphatic heterocycles. The quantitative estimate of drug-likeness (QED) is 0.498. The highest BCUT2D eigenvalue weighted by Crippen LogP contribution is 2.32. The summed E-state index contributed by atoms with van der Waals surface area (Å²) >= 11 is 0. The van der Waals surface area contributed by atoms with Gasteiger partial charge in [-0.05, 0) is 36.1 Å². The SMILES string of the molecule is CC1(C)O[C@H]([C@H](O)COCc2ccc(CF)cc2)[C@@H]([C@H](O)COCc2ccc(CF)cc2)O1. The molecule has 8 heteroatoms. The highest BCUT2D eigenvalue weighted by molar-refractivity contribution is 5.22. The van der Waals surface area contributed by atoms with E-state index in [9.17, 15) is 19.0 Å². The predicted molar refractivity (Wildman–Crippen MR) is 118 cm³/mol. The van der Waals surface area contributed by atoms with Gasteiger partial charge in [0.1, 0.15) is 37.8 Å². The fraction of sp³-hybridized carbons (Fsp3) is 0.520. The molecule has 0 bridgehead atoms. The summed E-state index contributed by atoms with van der Waals surface area (Å²) < 4.78 is 48.1. The molecule has 0 unspecified atom stereocenters. The Bertz CT molecular complexity index is 773. The Kier molecular flexibility index (Phi) is 9.31. The highest BCUT2D eigenvalue weighted by Gasteiger charge is 2.48. The Balaban J connectivity index is 1.48. The molecule has 0 aromatic heterocycles. The molecule has 1 saturated heterocycles. The zero-order chi connectivity index (χ0) is 23.8. The van der Waals surface area contributed by atoms with Crippen LogP contribution in [0.2, 0.25) is 0 Å². The Morgan fingerprint density at radius 2 is 1.06 bits per heavy atom. The van der Waals surface area contributed by atoms with Crippen molar-refractivity contribution in [1.29, 1.82) is 0 Å². The average Bonchev–Trinajstić information content (AvgIpc) is 3.15. The number of hydrogen-bond donors (Lipinski definition) is 2. The highest BCUT2D eigenvalue weighted by atomic mass is 19.1. The molecule has 6 nitrogen and oxygen atoms in total. The van der Waals surface area contributed by atoms with Crippen LogP contribution in [0, 0.1) is 0 Å². The molecular formula is C25H32F2O6.